The Hall–Kier alpha value is -3.11. The number of rotatable bonds is 3. The van der Waals surface area contributed by atoms with E-state index in [1.54, 1.807) is 30.6 Å². The number of amides is 2. The molecule has 2 aromatic heterocycles. The van der Waals surface area contributed by atoms with Crippen LogP contribution in [0.25, 0.3) is 5.82 Å². The van der Waals surface area contributed by atoms with E-state index in [0.717, 1.165) is 12.3 Å². The van der Waals surface area contributed by atoms with Crippen molar-refractivity contribution in [3.05, 3.63) is 41.3 Å². The van der Waals surface area contributed by atoms with Gasteiger partial charge in [0.25, 0.3) is 5.91 Å². The van der Waals surface area contributed by atoms with Crippen molar-refractivity contribution in [3.63, 3.8) is 0 Å². The lowest BCUT2D eigenvalue weighted by Crippen LogP contribution is -2.51. The molecule has 0 saturated carbocycles. The maximum Gasteiger partial charge on any atom is 0.417 e. The summed E-state index contributed by atoms with van der Waals surface area (Å²) in [5, 5.41) is 4.24. The van der Waals surface area contributed by atoms with Crippen molar-refractivity contribution in [3.8, 4) is 5.82 Å². The molecule has 1 saturated heterocycles. The standard InChI is InChI=1S/C22H28F3N5O3/c1-14(2)18-16(13-27-30(18)17-7-6-15(12-26-17)22(23,24)25)19(31)28-8-10-29(11-9-28)20(32)33-21(3,4)5/h6-7,12-14H,8-11H2,1-5H3. The minimum Gasteiger partial charge on any atom is -0.444 e. The predicted molar refractivity (Wildman–Crippen MR) is 114 cm³/mol. The van der Waals surface area contributed by atoms with Gasteiger partial charge in [0.15, 0.2) is 5.82 Å². The number of hydrogen-bond donors (Lipinski definition) is 0. The molecule has 33 heavy (non-hydrogen) atoms. The number of carbonyl (C=O) groups excluding carboxylic acids is 2. The summed E-state index contributed by atoms with van der Waals surface area (Å²) in [5.41, 5.74) is -0.542. The second-order valence-electron chi connectivity index (χ2n) is 9.17. The summed E-state index contributed by atoms with van der Waals surface area (Å²) >= 11 is 0. The molecule has 1 fully saturated rings. The molecule has 1 aliphatic heterocycles. The van der Waals surface area contributed by atoms with Crippen LogP contribution in [0, 0.1) is 0 Å². The van der Waals surface area contributed by atoms with Gasteiger partial charge in [0.05, 0.1) is 23.0 Å². The molecule has 0 bridgehead atoms. The van der Waals surface area contributed by atoms with Gasteiger partial charge in [-0.2, -0.15) is 18.3 Å². The number of nitrogens with zero attached hydrogens (tertiary/aromatic N) is 5. The summed E-state index contributed by atoms with van der Waals surface area (Å²) in [4.78, 5) is 32.6. The molecule has 0 spiro atoms. The van der Waals surface area contributed by atoms with Crippen molar-refractivity contribution in [2.24, 2.45) is 0 Å². The molecule has 11 heteroatoms. The van der Waals surface area contributed by atoms with Crippen LogP contribution in [0.1, 0.15) is 62.2 Å². The minimum atomic E-state index is -4.49. The Morgan fingerprint density at radius 1 is 1.00 bits per heavy atom. The minimum absolute atomic E-state index is 0.140. The normalized spacial score (nSPS) is 15.2. The Bertz CT molecular complexity index is 1000. The SMILES string of the molecule is CC(C)c1c(C(=O)N2CCN(C(=O)OC(C)(C)C)CC2)cnn1-c1ccc(C(F)(F)F)cn1. The summed E-state index contributed by atoms with van der Waals surface area (Å²) < 4.78 is 45.4. The first kappa shape index (κ1) is 24.5. The van der Waals surface area contributed by atoms with Crippen LogP contribution in [0.2, 0.25) is 0 Å². The van der Waals surface area contributed by atoms with Gasteiger partial charge in [-0.05, 0) is 38.8 Å². The summed E-state index contributed by atoms with van der Waals surface area (Å²) in [6.45, 7) is 10.5. The third-order valence-electron chi connectivity index (χ3n) is 5.09. The molecular weight excluding hydrogens is 439 g/mol. The van der Waals surface area contributed by atoms with E-state index in [9.17, 15) is 22.8 Å². The highest BCUT2D eigenvalue weighted by Crippen LogP contribution is 2.30. The Balaban J connectivity index is 1.77. The maximum absolute atomic E-state index is 13.2. The molecule has 3 heterocycles. The van der Waals surface area contributed by atoms with Crippen LogP contribution in [0.5, 0.6) is 0 Å². The fourth-order valence-corrected chi connectivity index (χ4v) is 3.53. The number of carbonyl (C=O) groups is 2. The lowest BCUT2D eigenvalue weighted by atomic mass is 10.0. The number of alkyl halides is 3. The first-order valence-corrected chi connectivity index (χ1v) is 10.7. The fraction of sp³-hybridized carbons (Fsp3) is 0.545. The number of halogens is 3. The first-order valence-electron chi connectivity index (χ1n) is 10.7. The largest absolute Gasteiger partial charge is 0.444 e. The van der Waals surface area contributed by atoms with Crippen molar-refractivity contribution >= 4 is 12.0 Å². The van der Waals surface area contributed by atoms with E-state index in [-0.39, 0.29) is 17.6 Å². The lowest BCUT2D eigenvalue weighted by Gasteiger charge is -2.35. The second kappa shape index (κ2) is 9.03. The van der Waals surface area contributed by atoms with E-state index in [4.69, 9.17) is 4.74 Å². The van der Waals surface area contributed by atoms with Gasteiger partial charge in [-0.15, -0.1) is 0 Å². The summed E-state index contributed by atoms with van der Waals surface area (Å²) in [6, 6.07) is 2.17. The third-order valence-corrected chi connectivity index (χ3v) is 5.09. The van der Waals surface area contributed by atoms with Crippen molar-refractivity contribution < 1.29 is 27.5 Å². The topological polar surface area (TPSA) is 80.6 Å². The molecule has 0 unspecified atom stereocenters. The maximum atomic E-state index is 13.2. The zero-order chi connectivity index (χ0) is 24.6. The lowest BCUT2D eigenvalue weighted by molar-refractivity contribution is -0.137. The number of pyridine rings is 1. The molecule has 0 aliphatic carbocycles. The monoisotopic (exact) mass is 467 g/mol. The molecule has 0 atom stereocenters. The van der Waals surface area contributed by atoms with Gasteiger partial charge in [0, 0.05) is 32.4 Å². The van der Waals surface area contributed by atoms with E-state index in [0.29, 0.717) is 37.4 Å². The molecular formula is C22H28F3N5O3. The van der Waals surface area contributed by atoms with Crippen molar-refractivity contribution in [1.82, 2.24) is 24.6 Å². The molecule has 2 aromatic rings. The van der Waals surface area contributed by atoms with E-state index in [1.807, 2.05) is 13.8 Å². The van der Waals surface area contributed by atoms with Gasteiger partial charge in [-0.3, -0.25) is 4.79 Å². The Morgan fingerprint density at radius 3 is 2.09 bits per heavy atom. The van der Waals surface area contributed by atoms with Crippen LogP contribution in [0.3, 0.4) is 0 Å². The number of piperazine rings is 1. The number of ether oxygens (including phenoxy) is 1. The van der Waals surface area contributed by atoms with Gasteiger partial charge in [0.2, 0.25) is 0 Å². The van der Waals surface area contributed by atoms with Crippen LogP contribution in [-0.2, 0) is 10.9 Å². The van der Waals surface area contributed by atoms with Crippen LogP contribution in [0.15, 0.2) is 24.5 Å². The Morgan fingerprint density at radius 2 is 1.61 bits per heavy atom. The van der Waals surface area contributed by atoms with Gasteiger partial charge in [0.1, 0.15) is 5.60 Å². The van der Waals surface area contributed by atoms with Gasteiger partial charge >= 0.3 is 12.3 Å². The first-order chi connectivity index (χ1) is 15.3. The Kier molecular flexibility index (Phi) is 6.71. The zero-order valence-corrected chi connectivity index (χ0v) is 19.3. The predicted octanol–water partition coefficient (Wildman–Crippen LogP) is 4.10. The molecule has 2 amide bonds. The zero-order valence-electron chi connectivity index (χ0n) is 19.3. The van der Waals surface area contributed by atoms with Crippen molar-refractivity contribution in [2.45, 2.75) is 52.3 Å². The average Bonchev–Trinajstić information content (AvgIpc) is 3.17. The average molecular weight is 467 g/mol. The van der Waals surface area contributed by atoms with Gasteiger partial charge in [-0.25, -0.2) is 14.5 Å². The van der Waals surface area contributed by atoms with Crippen LogP contribution in [0.4, 0.5) is 18.0 Å². The van der Waals surface area contributed by atoms with Crippen LogP contribution >= 0.6 is 0 Å². The molecule has 0 N–H and O–H groups in total. The molecule has 0 aromatic carbocycles. The summed E-state index contributed by atoms with van der Waals surface area (Å²) in [6.07, 6.45) is -2.74. The van der Waals surface area contributed by atoms with Gasteiger partial charge < -0.3 is 14.5 Å². The van der Waals surface area contributed by atoms with E-state index in [1.165, 1.54) is 16.9 Å². The molecule has 0 radical (unpaired) electrons. The Labute approximate surface area is 190 Å². The highest BCUT2D eigenvalue weighted by Gasteiger charge is 2.32. The van der Waals surface area contributed by atoms with E-state index < -0.39 is 23.4 Å². The number of hydrogen-bond acceptors (Lipinski definition) is 5. The highest BCUT2D eigenvalue weighted by atomic mass is 19.4. The number of aromatic nitrogens is 3. The molecule has 3 rings (SSSR count). The summed E-state index contributed by atoms with van der Waals surface area (Å²) in [5.74, 6) is -0.195. The van der Waals surface area contributed by atoms with Crippen LogP contribution < -0.4 is 0 Å². The smallest absolute Gasteiger partial charge is 0.417 e. The van der Waals surface area contributed by atoms with E-state index >= 15 is 0 Å². The van der Waals surface area contributed by atoms with Gasteiger partial charge in [-0.1, -0.05) is 13.8 Å². The second-order valence-corrected chi connectivity index (χ2v) is 9.17. The van der Waals surface area contributed by atoms with Crippen molar-refractivity contribution in [1.29, 1.82) is 0 Å². The molecule has 1 aliphatic rings. The van der Waals surface area contributed by atoms with E-state index in [2.05, 4.69) is 10.1 Å². The summed E-state index contributed by atoms with van der Waals surface area (Å²) in [7, 11) is 0. The fourth-order valence-electron chi connectivity index (χ4n) is 3.53. The molecule has 180 valence electrons. The third kappa shape index (κ3) is 5.63. The quantitative estimate of drug-likeness (QED) is 0.679. The molecule has 8 nitrogen and oxygen atoms in total. The van der Waals surface area contributed by atoms with Crippen molar-refractivity contribution in [2.75, 3.05) is 26.2 Å². The van der Waals surface area contributed by atoms with Crippen LogP contribution in [-0.4, -0.2) is 68.3 Å². The highest BCUT2D eigenvalue weighted by molar-refractivity contribution is 5.95.